The van der Waals surface area contributed by atoms with Crippen molar-refractivity contribution in [2.24, 2.45) is 0 Å². The van der Waals surface area contributed by atoms with E-state index in [0.29, 0.717) is 22.9 Å². The molecule has 242 valence electrons. The lowest BCUT2D eigenvalue weighted by Gasteiger charge is -2.11. The molecule has 3 aromatic rings. The van der Waals surface area contributed by atoms with Crippen LogP contribution in [0.4, 0.5) is 17.2 Å². The minimum Gasteiger partial charge on any atom is -0.497 e. The number of nitrogens with zero attached hydrogens (tertiary/aromatic N) is 3. The van der Waals surface area contributed by atoms with E-state index in [0.717, 1.165) is 11.1 Å². The van der Waals surface area contributed by atoms with Crippen molar-refractivity contribution in [1.82, 2.24) is 15.0 Å². The molecule has 0 bridgehead atoms. The molecule has 1 aromatic heterocycles. The Kier molecular flexibility index (Phi) is 16.2. The van der Waals surface area contributed by atoms with Crippen LogP contribution >= 0.6 is 0 Å². The first kappa shape index (κ1) is 37.5. The van der Waals surface area contributed by atoms with Gasteiger partial charge in [-0.1, -0.05) is 35.4 Å². The van der Waals surface area contributed by atoms with Crippen molar-refractivity contribution < 1.29 is 23.8 Å². The minimum atomic E-state index is -0.581. The van der Waals surface area contributed by atoms with E-state index in [-0.39, 0.29) is 24.0 Å². The van der Waals surface area contributed by atoms with Crippen LogP contribution in [-0.4, -0.2) is 41.0 Å². The molecule has 3 rings (SSSR count). The van der Waals surface area contributed by atoms with Crippen LogP contribution in [0.15, 0.2) is 137 Å². The Morgan fingerprint density at radius 2 is 1.55 bits per heavy atom. The molecule has 2 amide bonds. The molecular weight excluding hydrogens is 620 g/mol. The van der Waals surface area contributed by atoms with Crippen LogP contribution in [0.3, 0.4) is 0 Å². The lowest BCUT2D eigenvalue weighted by Crippen LogP contribution is -2.22. The number of carbonyl (C=O) groups is 2. The maximum atomic E-state index is 12.6. The second kappa shape index (κ2) is 21.1. The number of nitrogens with two attached hydrogens (primary N) is 1. The van der Waals surface area contributed by atoms with E-state index in [1.165, 1.54) is 31.4 Å². The van der Waals surface area contributed by atoms with E-state index in [9.17, 15) is 9.59 Å². The summed E-state index contributed by atoms with van der Waals surface area (Å²) in [5, 5.41) is 13.2. The number of anilines is 3. The fourth-order valence-corrected chi connectivity index (χ4v) is 3.37. The smallest absolute Gasteiger partial charge is 0.280 e. The summed E-state index contributed by atoms with van der Waals surface area (Å²) >= 11 is 0. The summed E-state index contributed by atoms with van der Waals surface area (Å²) < 4.78 is 16.3. The molecular formula is C38H30N6O5. The first-order valence-electron chi connectivity index (χ1n) is 13.9. The summed E-state index contributed by atoms with van der Waals surface area (Å²) in [6.45, 7) is 10.3. The number of ether oxygens (including phenoxy) is 3. The Morgan fingerprint density at radius 1 is 0.878 bits per heavy atom. The number of carbonyl (C=O) groups excluding carboxylic acids is 2. The van der Waals surface area contributed by atoms with Crippen LogP contribution in [-0.2, 0) is 16.1 Å². The highest BCUT2D eigenvalue weighted by Gasteiger charge is 2.20. The predicted molar refractivity (Wildman–Crippen MR) is 184 cm³/mol. The standard InChI is InChI=1S/C21H24N6O4.C17H6O/c1-12-6-5-7-15(13(12)2)23-18(28)11-27-20(22)19(25-26-27)21(29)24-16-9-8-14(30-3)10-17(16)31-4;1-3-5-6-7-8-9-10-11-12-13-14-15-17-18-16-4-2/h5-10H,11,22H2,1-4H3,(H,23,28)(H,24,29);16-17H,1-2H2. The van der Waals surface area contributed by atoms with Crippen molar-refractivity contribution >= 4 is 29.0 Å². The van der Waals surface area contributed by atoms with Gasteiger partial charge in [0.25, 0.3) is 5.91 Å². The van der Waals surface area contributed by atoms with Crippen LogP contribution < -0.4 is 25.8 Å². The molecule has 0 aliphatic rings. The van der Waals surface area contributed by atoms with Gasteiger partial charge in [-0.2, -0.15) is 0 Å². The van der Waals surface area contributed by atoms with E-state index in [1.807, 2.05) is 32.0 Å². The van der Waals surface area contributed by atoms with Crippen molar-refractivity contribution in [2.75, 3.05) is 30.6 Å². The molecule has 0 fully saturated rings. The Hall–Kier alpha value is -7.66. The van der Waals surface area contributed by atoms with Crippen molar-refractivity contribution in [3.63, 3.8) is 0 Å². The quantitative estimate of drug-likeness (QED) is 0.198. The normalized spacial score (nSPS) is 8.24. The number of rotatable bonds is 9. The van der Waals surface area contributed by atoms with Gasteiger partial charge >= 0.3 is 0 Å². The molecule has 0 unspecified atom stereocenters. The lowest BCUT2D eigenvalue weighted by molar-refractivity contribution is -0.116. The first-order chi connectivity index (χ1) is 23.7. The van der Waals surface area contributed by atoms with Gasteiger partial charge in [-0.05, 0) is 113 Å². The lowest BCUT2D eigenvalue weighted by atomic mass is 10.1. The summed E-state index contributed by atoms with van der Waals surface area (Å²) in [5.74, 6) is 0.0408. The molecule has 0 radical (unpaired) electrons. The largest absolute Gasteiger partial charge is 0.497 e. The summed E-state index contributed by atoms with van der Waals surface area (Å²) in [4.78, 5) is 25.1. The molecule has 1 heterocycles. The Morgan fingerprint density at radius 3 is 2.18 bits per heavy atom. The zero-order chi connectivity index (χ0) is 35.9. The minimum absolute atomic E-state index is 0.0268. The van der Waals surface area contributed by atoms with Gasteiger partial charge < -0.3 is 30.6 Å². The van der Waals surface area contributed by atoms with Crippen molar-refractivity contribution in [2.45, 2.75) is 20.4 Å². The second-order valence-electron chi connectivity index (χ2n) is 8.94. The van der Waals surface area contributed by atoms with Gasteiger partial charge in [0, 0.05) is 11.8 Å². The SMILES string of the molecule is C=C=C=C=C=C=C=C=C=C=C=C=C=COC=C=C.COc1ccc(NC(=O)c2nnn(CC(=O)Nc3cccc(C)c3C)c2N)c(OC)c1. The summed E-state index contributed by atoms with van der Waals surface area (Å²) in [6.07, 6.45) is 2.54. The number of hydrogen-bond donors (Lipinski definition) is 3. The number of nitrogens with one attached hydrogen (secondary N) is 2. The maximum absolute atomic E-state index is 12.6. The summed E-state index contributed by atoms with van der Waals surface area (Å²) in [7, 11) is 3.01. The molecule has 0 aliphatic carbocycles. The molecule has 0 aliphatic heterocycles. The molecule has 0 spiro atoms. The monoisotopic (exact) mass is 650 g/mol. The highest BCUT2D eigenvalue weighted by molar-refractivity contribution is 6.06. The molecule has 0 saturated heterocycles. The van der Waals surface area contributed by atoms with E-state index in [1.54, 1.807) is 18.2 Å². The summed E-state index contributed by atoms with van der Waals surface area (Å²) in [5.41, 5.74) is 41.2. The highest BCUT2D eigenvalue weighted by atomic mass is 16.5. The number of nitrogen functional groups attached to an aromatic ring is 1. The number of aromatic nitrogens is 3. The zero-order valence-corrected chi connectivity index (χ0v) is 27.2. The van der Waals surface area contributed by atoms with E-state index >= 15 is 0 Å². The molecule has 49 heavy (non-hydrogen) atoms. The van der Waals surface area contributed by atoms with E-state index < -0.39 is 5.91 Å². The molecule has 0 atom stereocenters. The first-order valence-corrected chi connectivity index (χ1v) is 13.9. The fourth-order valence-electron chi connectivity index (χ4n) is 3.37. The van der Waals surface area contributed by atoms with Crippen molar-refractivity contribution in [3.8, 4) is 11.5 Å². The third kappa shape index (κ3) is 13.1. The van der Waals surface area contributed by atoms with Gasteiger partial charge in [0.2, 0.25) is 5.91 Å². The zero-order valence-electron chi connectivity index (χ0n) is 27.2. The number of aryl methyl sites for hydroxylation is 1. The predicted octanol–water partition coefficient (Wildman–Crippen LogP) is 5.69. The van der Waals surface area contributed by atoms with Gasteiger partial charge in [-0.25, -0.2) is 4.68 Å². The molecule has 11 nitrogen and oxygen atoms in total. The summed E-state index contributed by atoms with van der Waals surface area (Å²) in [6, 6.07) is 10.6. The van der Waals surface area contributed by atoms with Gasteiger partial charge in [0.15, 0.2) is 11.5 Å². The van der Waals surface area contributed by atoms with Crippen molar-refractivity contribution in [1.29, 1.82) is 0 Å². The maximum Gasteiger partial charge on any atom is 0.280 e. The van der Waals surface area contributed by atoms with Gasteiger partial charge in [-0.15, -0.1) is 5.10 Å². The fraction of sp³-hybridized carbons (Fsp3) is 0.132. The van der Waals surface area contributed by atoms with E-state index in [4.69, 9.17) is 19.9 Å². The third-order valence-electron chi connectivity index (χ3n) is 5.82. The van der Waals surface area contributed by atoms with Crippen LogP contribution in [0, 0.1) is 13.8 Å². The Bertz CT molecular complexity index is 2240. The Labute approximate surface area is 283 Å². The van der Waals surface area contributed by atoms with Crippen LogP contribution in [0.5, 0.6) is 11.5 Å². The van der Waals surface area contributed by atoms with Gasteiger partial charge in [0.05, 0.1) is 19.9 Å². The molecule has 4 N–H and O–H groups in total. The number of methoxy groups -OCH3 is 2. The third-order valence-corrected chi connectivity index (χ3v) is 5.82. The topological polar surface area (TPSA) is 143 Å². The van der Waals surface area contributed by atoms with Gasteiger partial charge in [-0.3, -0.25) is 9.59 Å². The second-order valence-corrected chi connectivity index (χ2v) is 8.94. The highest BCUT2D eigenvalue weighted by Crippen LogP contribution is 2.29. The van der Waals surface area contributed by atoms with E-state index in [2.05, 4.69) is 109 Å². The van der Waals surface area contributed by atoms with Crippen LogP contribution in [0.2, 0.25) is 0 Å². The average Bonchev–Trinajstić information content (AvgIpc) is 3.46. The Balaban J connectivity index is 0.000000397. The number of benzene rings is 2. The average molecular weight is 651 g/mol. The van der Waals surface area contributed by atoms with Crippen LogP contribution in [0.25, 0.3) is 0 Å². The molecule has 11 heteroatoms. The molecule has 2 aromatic carbocycles. The van der Waals surface area contributed by atoms with Crippen LogP contribution in [0.1, 0.15) is 21.6 Å². The molecule has 0 saturated carbocycles. The number of amides is 2. The van der Waals surface area contributed by atoms with Gasteiger partial charge in [0.1, 0.15) is 30.6 Å². The van der Waals surface area contributed by atoms with Crippen molar-refractivity contribution in [3.05, 3.63) is 153 Å². The number of hydrogen-bond acceptors (Lipinski definition) is 8.